The summed E-state index contributed by atoms with van der Waals surface area (Å²) in [6.45, 7) is 4.74. The Hall–Kier alpha value is -2.34. The van der Waals surface area contributed by atoms with E-state index in [9.17, 15) is 18.0 Å². The normalized spacial score (nSPS) is 15.9. The molecule has 6 heteroatoms. The number of hydrogen-bond donors (Lipinski definition) is 0. The van der Waals surface area contributed by atoms with E-state index in [2.05, 4.69) is 4.90 Å². The van der Waals surface area contributed by atoms with E-state index in [0.29, 0.717) is 38.4 Å². The summed E-state index contributed by atoms with van der Waals surface area (Å²) >= 11 is 0. The van der Waals surface area contributed by atoms with Gasteiger partial charge in [-0.05, 0) is 30.7 Å². The fraction of sp³-hybridized carbons (Fsp3) is 0.350. The van der Waals surface area contributed by atoms with Gasteiger partial charge in [0.25, 0.3) is 0 Å². The van der Waals surface area contributed by atoms with Gasteiger partial charge in [-0.1, -0.05) is 30.3 Å². The lowest BCUT2D eigenvalue weighted by atomic mass is 10.0. The SMILES string of the molecule is Cc1ccccc1C(=O)CN1CCN(c2cccc(C(F)(F)F)c2)CC1. The topological polar surface area (TPSA) is 23.6 Å². The van der Waals surface area contributed by atoms with Gasteiger partial charge in [0, 0.05) is 37.4 Å². The van der Waals surface area contributed by atoms with Gasteiger partial charge in [-0.15, -0.1) is 0 Å². The van der Waals surface area contributed by atoms with Gasteiger partial charge in [0.05, 0.1) is 12.1 Å². The Balaban J connectivity index is 1.60. The second-order valence-corrected chi connectivity index (χ2v) is 6.55. The van der Waals surface area contributed by atoms with Gasteiger partial charge in [-0.3, -0.25) is 9.69 Å². The molecule has 1 fully saturated rings. The highest BCUT2D eigenvalue weighted by atomic mass is 19.4. The first-order chi connectivity index (χ1) is 12.3. The summed E-state index contributed by atoms with van der Waals surface area (Å²) in [6.07, 6.45) is -4.34. The summed E-state index contributed by atoms with van der Waals surface area (Å²) in [5.74, 6) is 0.0793. The number of hydrogen-bond acceptors (Lipinski definition) is 3. The van der Waals surface area contributed by atoms with Gasteiger partial charge in [0.2, 0.25) is 0 Å². The summed E-state index contributed by atoms with van der Waals surface area (Å²) < 4.78 is 38.6. The van der Waals surface area contributed by atoms with Crippen LogP contribution in [0.5, 0.6) is 0 Å². The molecule has 1 aliphatic heterocycles. The number of piperazine rings is 1. The predicted octanol–water partition coefficient (Wildman–Crippen LogP) is 4.02. The molecule has 0 bridgehead atoms. The van der Waals surface area contributed by atoms with Gasteiger partial charge in [-0.25, -0.2) is 0 Å². The third kappa shape index (κ3) is 4.25. The predicted molar refractivity (Wildman–Crippen MR) is 95.6 cm³/mol. The van der Waals surface area contributed by atoms with Crippen LogP contribution in [0.15, 0.2) is 48.5 Å². The van der Waals surface area contributed by atoms with Crippen LogP contribution in [-0.4, -0.2) is 43.4 Å². The average molecular weight is 362 g/mol. The van der Waals surface area contributed by atoms with Crippen molar-refractivity contribution in [2.45, 2.75) is 13.1 Å². The zero-order valence-electron chi connectivity index (χ0n) is 14.6. The molecule has 0 radical (unpaired) electrons. The molecule has 0 aliphatic carbocycles. The minimum Gasteiger partial charge on any atom is -0.369 e. The molecule has 138 valence electrons. The van der Waals surface area contributed by atoms with E-state index in [4.69, 9.17) is 0 Å². The first-order valence-electron chi connectivity index (χ1n) is 8.58. The number of aryl methyl sites for hydroxylation is 1. The number of anilines is 1. The van der Waals surface area contributed by atoms with Gasteiger partial charge < -0.3 is 4.90 Å². The maximum atomic E-state index is 12.9. The second kappa shape index (κ2) is 7.50. The Morgan fingerprint density at radius 1 is 1.00 bits per heavy atom. The summed E-state index contributed by atoms with van der Waals surface area (Å²) in [6, 6.07) is 12.9. The number of ketones is 1. The number of carbonyl (C=O) groups is 1. The van der Waals surface area contributed by atoms with Crippen molar-refractivity contribution >= 4 is 11.5 Å². The lowest BCUT2D eigenvalue weighted by Crippen LogP contribution is -2.48. The molecule has 0 amide bonds. The Labute approximate surface area is 151 Å². The quantitative estimate of drug-likeness (QED) is 0.768. The van der Waals surface area contributed by atoms with Gasteiger partial charge in [-0.2, -0.15) is 13.2 Å². The smallest absolute Gasteiger partial charge is 0.369 e. The van der Waals surface area contributed by atoms with Crippen LogP contribution in [0.4, 0.5) is 18.9 Å². The highest BCUT2D eigenvalue weighted by molar-refractivity contribution is 5.98. The minimum absolute atomic E-state index is 0.0793. The molecule has 0 spiro atoms. The summed E-state index contributed by atoms with van der Waals surface area (Å²) in [4.78, 5) is 16.4. The number of Topliss-reactive ketones (excluding diaryl/α,β-unsaturated/α-hetero) is 1. The highest BCUT2D eigenvalue weighted by Crippen LogP contribution is 2.31. The van der Waals surface area contributed by atoms with E-state index in [-0.39, 0.29) is 5.78 Å². The Kier molecular flexibility index (Phi) is 5.32. The standard InChI is InChI=1S/C20H21F3N2O/c1-15-5-2-3-8-18(15)19(26)14-24-9-11-25(12-10-24)17-7-4-6-16(13-17)20(21,22)23/h2-8,13H,9-12,14H2,1H3. The molecule has 1 aliphatic rings. The third-order valence-electron chi connectivity index (χ3n) is 4.72. The van der Waals surface area contributed by atoms with Crippen molar-refractivity contribution in [3.8, 4) is 0 Å². The number of nitrogens with zero attached hydrogens (tertiary/aromatic N) is 2. The first kappa shape index (κ1) is 18.5. The number of halogens is 3. The van der Waals surface area contributed by atoms with E-state index in [0.717, 1.165) is 17.2 Å². The fourth-order valence-corrected chi connectivity index (χ4v) is 3.22. The molecule has 0 unspecified atom stereocenters. The highest BCUT2D eigenvalue weighted by Gasteiger charge is 2.31. The van der Waals surface area contributed by atoms with E-state index < -0.39 is 11.7 Å². The van der Waals surface area contributed by atoms with Crippen molar-refractivity contribution in [1.29, 1.82) is 0 Å². The summed E-state index contributed by atoms with van der Waals surface area (Å²) in [5.41, 5.74) is 1.63. The van der Waals surface area contributed by atoms with Crippen molar-refractivity contribution in [2.75, 3.05) is 37.6 Å². The van der Waals surface area contributed by atoms with Gasteiger partial charge in [0.1, 0.15) is 0 Å². The van der Waals surface area contributed by atoms with Crippen LogP contribution in [0.1, 0.15) is 21.5 Å². The van der Waals surface area contributed by atoms with Gasteiger partial charge >= 0.3 is 6.18 Å². The molecule has 1 heterocycles. The minimum atomic E-state index is -4.34. The van der Waals surface area contributed by atoms with E-state index >= 15 is 0 Å². The molecule has 0 aromatic heterocycles. The van der Waals surface area contributed by atoms with Crippen molar-refractivity contribution in [1.82, 2.24) is 4.90 Å². The van der Waals surface area contributed by atoms with Gasteiger partial charge in [0.15, 0.2) is 5.78 Å². The zero-order valence-corrected chi connectivity index (χ0v) is 14.6. The molecule has 3 rings (SSSR count). The molecule has 0 N–H and O–H groups in total. The van der Waals surface area contributed by atoms with Crippen molar-refractivity contribution in [2.24, 2.45) is 0 Å². The zero-order chi connectivity index (χ0) is 18.7. The number of rotatable bonds is 4. The monoisotopic (exact) mass is 362 g/mol. The molecule has 0 atom stereocenters. The van der Waals surface area contributed by atoms with E-state index in [1.54, 1.807) is 6.07 Å². The lowest BCUT2D eigenvalue weighted by Gasteiger charge is -2.36. The number of alkyl halides is 3. The van der Waals surface area contributed by atoms with Crippen LogP contribution >= 0.6 is 0 Å². The average Bonchev–Trinajstić information content (AvgIpc) is 2.62. The molecule has 26 heavy (non-hydrogen) atoms. The number of carbonyl (C=O) groups excluding carboxylic acids is 1. The Morgan fingerprint density at radius 3 is 2.35 bits per heavy atom. The van der Waals surface area contributed by atoms with E-state index in [1.165, 1.54) is 12.1 Å². The summed E-state index contributed by atoms with van der Waals surface area (Å²) in [7, 11) is 0. The van der Waals surface area contributed by atoms with Crippen molar-refractivity contribution in [3.63, 3.8) is 0 Å². The van der Waals surface area contributed by atoms with Crippen LogP contribution in [-0.2, 0) is 6.18 Å². The summed E-state index contributed by atoms with van der Waals surface area (Å²) in [5, 5.41) is 0. The van der Waals surface area contributed by atoms with Crippen LogP contribution in [0.25, 0.3) is 0 Å². The fourth-order valence-electron chi connectivity index (χ4n) is 3.22. The molecule has 2 aromatic rings. The molecular weight excluding hydrogens is 341 g/mol. The first-order valence-corrected chi connectivity index (χ1v) is 8.58. The van der Waals surface area contributed by atoms with Crippen LogP contribution in [0, 0.1) is 6.92 Å². The molecule has 1 saturated heterocycles. The van der Waals surface area contributed by atoms with Crippen LogP contribution < -0.4 is 4.90 Å². The maximum Gasteiger partial charge on any atom is 0.416 e. The molecule has 2 aromatic carbocycles. The second-order valence-electron chi connectivity index (χ2n) is 6.55. The number of benzene rings is 2. The third-order valence-corrected chi connectivity index (χ3v) is 4.72. The largest absolute Gasteiger partial charge is 0.416 e. The van der Waals surface area contributed by atoms with Crippen LogP contribution in [0.2, 0.25) is 0 Å². The Bertz CT molecular complexity index is 781. The van der Waals surface area contributed by atoms with E-state index in [1.807, 2.05) is 36.1 Å². The molecule has 3 nitrogen and oxygen atoms in total. The molecular formula is C20H21F3N2O. The van der Waals surface area contributed by atoms with Crippen molar-refractivity contribution in [3.05, 3.63) is 65.2 Å². The Morgan fingerprint density at radius 2 is 1.69 bits per heavy atom. The maximum absolute atomic E-state index is 12.9. The lowest BCUT2D eigenvalue weighted by molar-refractivity contribution is -0.137. The molecule has 0 saturated carbocycles. The van der Waals surface area contributed by atoms with Crippen LogP contribution in [0.3, 0.4) is 0 Å². The van der Waals surface area contributed by atoms with Crippen molar-refractivity contribution < 1.29 is 18.0 Å².